The van der Waals surface area contributed by atoms with Crippen LogP contribution in [0.5, 0.6) is 0 Å². The van der Waals surface area contributed by atoms with Crippen molar-refractivity contribution in [3.8, 4) is 0 Å². The first-order valence-electron chi connectivity index (χ1n) is 5.92. The third-order valence-corrected chi connectivity index (χ3v) is 2.85. The van der Waals surface area contributed by atoms with Gasteiger partial charge < -0.3 is 15.4 Å². The summed E-state index contributed by atoms with van der Waals surface area (Å²) in [7, 11) is 2.13. The van der Waals surface area contributed by atoms with Gasteiger partial charge in [-0.3, -0.25) is 4.90 Å². The van der Waals surface area contributed by atoms with Crippen molar-refractivity contribution in [3.05, 3.63) is 0 Å². The Kier molecular flexibility index (Phi) is 6.20. The zero-order chi connectivity index (χ0) is 12.0. The van der Waals surface area contributed by atoms with Crippen LogP contribution in [0, 0.1) is 0 Å². The van der Waals surface area contributed by atoms with E-state index in [-0.39, 0.29) is 0 Å². The molecule has 1 unspecified atom stereocenters. The Labute approximate surface area is 104 Å². The minimum atomic E-state index is 0.291. The molecule has 1 aliphatic rings. The first-order valence-corrected chi connectivity index (χ1v) is 6.33. The van der Waals surface area contributed by atoms with E-state index in [1.54, 1.807) is 0 Å². The Morgan fingerprint density at radius 2 is 2.38 bits per heavy atom. The van der Waals surface area contributed by atoms with Crippen LogP contribution in [-0.4, -0.2) is 67.3 Å². The van der Waals surface area contributed by atoms with Gasteiger partial charge in [0.1, 0.15) is 0 Å². The van der Waals surface area contributed by atoms with Gasteiger partial charge in [0.05, 0.1) is 17.7 Å². The Bertz CT molecular complexity index is 225. The summed E-state index contributed by atoms with van der Waals surface area (Å²) in [6.45, 7) is 7.68. The summed E-state index contributed by atoms with van der Waals surface area (Å²) in [5.74, 6) is 0. The van der Waals surface area contributed by atoms with Crippen molar-refractivity contribution in [2.75, 3.05) is 46.4 Å². The first kappa shape index (κ1) is 13.8. The van der Waals surface area contributed by atoms with Crippen molar-refractivity contribution in [1.29, 1.82) is 0 Å². The molecule has 2 N–H and O–H groups in total. The number of nitrogens with zero attached hydrogens (tertiary/aromatic N) is 2. The molecule has 1 rings (SSSR count). The summed E-state index contributed by atoms with van der Waals surface area (Å²) in [6, 6.07) is 0. The van der Waals surface area contributed by atoms with Crippen molar-refractivity contribution in [3.63, 3.8) is 0 Å². The van der Waals surface area contributed by atoms with Crippen LogP contribution in [-0.2, 0) is 4.74 Å². The molecule has 0 bridgehead atoms. The van der Waals surface area contributed by atoms with Gasteiger partial charge in [0.15, 0.2) is 0 Å². The second-order valence-electron chi connectivity index (χ2n) is 4.46. The van der Waals surface area contributed by atoms with Gasteiger partial charge in [-0.05, 0) is 20.0 Å². The van der Waals surface area contributed by atoms with Gasteiger partial charge in [0.25, 0.3) is 0 Å². The fourth-order valence-electron chi connectivity index (χ4n) is 2.04. The molecule has 1 atom stereocenters. The zero-order valence-corrected chi connectivity index (χ0v) is 11.1. The number of likely N-dealkylation sites (N-methyl/N-ethyl adjacent to an activating group) is 1. The van der Waals surface area contributed by atoms with Crippen LogP contribution >= 0.6 is 12.2 Å². The van der Waals surface area contributed by atoms with Crippen LogP contribution in [0.1, 0.15) is 13.3 Å². The molecular formula is C11H23N3OS. The molecule has 0 saturated carbocycles. The highest BCUT2D eigenvalue weighted by atomic mass is 32.1. The molecule has 0 aromatic rings. The quantitative estimate of drug-likeness (QED) is 0.682. The molecule has 1 saturated heterocycles. The van der Waals surface area contributed by atoms with Gasteiger partial charge in [0.2, 0.25) is 0 Å². The summed E-state index contributed by atoms with van der Waals surface area (Å²) in [5.41, 5.74) is 5.59. The minimum Gasteiger partial charge on any atom is -0.392 e. The Morgan fingerprint density at radius 3 is 2.94 bits per heavy atom. The first-order chi connectivity index (χ1) is 7.61. The van der Waals surface area contributed by atoms with Crippen molar-refractivity contribution < 1.29 is 4.74 Å². The van der Waals surface area contributed by atoms with Crippen molar-refractivity contribution in [1.82, 2.24) is 9.80 Å². The predicted octanol–water partition coefficient (Wildman–Crippen LogP) is 0.315. The van der Waals surface area contributed by atoms with Gasteiger partial charge in [-0.15, -0.1) is 0 Å². The average Bonchev–Trinajstić information content (AvgIpc) is 2.16. The normalized spacial score (nSPS) is 22.6. The number of nitrogens with two attached hydrogens (primary N) is 1. The third kappa shape index (κ3) is 5.21. The van der Waals surface area contributed by atoms with E-state index in [0.29, 0.717) is 17.6 Å². The smallest absolute Gasteiger partial charge is 0.0870 e. The Morgan fingerprint density at radius 1 is 1.62 bits per heavy atom. The van der Waals surface area contributed by atoms with E-state index in [1.807, 2.05) is 0 Å². The number of morpholine rings is 1. The van der Waals surface area contributed by atoms with E-state index in [2.05, 4.69) is 23.8 Å². The fourth-order valence-corrected chi connectivity index (χ4v) is 2.22. The molecule has 94 valence electrons. The molecule has 4 nitrogen and oxygen atoms in total. The predicted molar refractivity (Wildman–Crippen MR) is 70.8 cm³/mol. The van der Waals surface area contributed by atoms with Crippen LogP contribution in [0.15, 0.2) is 0 Å². The van der Waals surface area contributed by atoms with Gasteiger partial charge in [-0.1, -0.05) is 19.1 Å². The van der Waals surface area contributed by atoms with Crippen molar-refractivity contribution >= 4 is 17.2 Å². The molecule has 1 fully saturated rings. The molecule has 1 aliphatic heterocycles. The van der Waals surface area contributed by atoms with Gasteiger partial charge >= 0.3 is 0 Å². The van der Waals surface area contributed by atoms with Crippen LogP contribution in [0.2, 0.25) is 0 Å². The van der Waals surface area contributed by atoms with Crippen LogP contribution < -0.4 is 5.73 Å². The van der Waals surface area contributed by atoms with Crippen molar-refractivity contribution in [2.24, 2.45) is 5.73 Å². The SMILES string of the molecule is CCCN(CC(N)=S)CC1CN(C)CCO1. The van der Waals surface area contributed by atoms with Gasteiger partial charge in [-0.25, -0.2) is 0 Å². The Hall–Kier alpha value is -0.230. The van der Waals surface area contributed by atoms with E-state index in [4.69, 9.17) is 22.7 Å². The van der Waals surface area contributed by atoms with E-state index < -0.39 is 0 Å². The number of hydrogen-bond acceptors (Lipinski definition) is 4. The topological polar surface area (TPSA) is 41.7 Å². The lowest BCUT2D eigenvalue weighted by atomic mass is 10.2. The van der Waals surface area contributed by atoms with Crippen LogP contribution in [0.25, 0.3) is 0 Å². The standard InChI is InChI=1S/C11H23N3OS/c1-3-4-14(9-11(12)16)8-10-7-13(2)5-6-15-10/h10H,3-9H2,1-2H3,(H2,12,16). The monoisotopic (exact) mass is 245 g/mol. The maximum atomic E-state index is 5.74. The lowest BCUT2D eigenvalue weighted by molar-refractivity contribution is -0.0336. The molecule has 0 aromatic carbocycles. The molecule has 0 aliphatic carbocycles. The minimum absolute atomic E-state index is 0.291. The molecular weight excluding hydrogens is 222 g/mol. The van der Waals surface area contributed by atoms with E-state index in [1.165, 1.54) is 0 Å². The maximum Gasteiger partial charge on any atom is 0.0870 e. The number of rotatable bonds is 6. The van der Waals surface area contributed by atoms with Gasteiger partial charge in [-0.2, -0.15) is 0 Å². The molecule has 0 amide bonds. The second kappa shape index (κ2) is 7.17. The summed E-state index contributed by atoms with van der Waals surface area (Å²) in [5, 5.41) is 0. The van der Waals surface area contributed by atoms with E-state index in [9.17, 15) is 0 Å². The molecule has 0 spiro atoms. The Balaban J connectivity index is 2.37. The lowest BCUT2D eigenvalue weighted by Gasteiger charge is -2.33. The second-order valence-corrected chi connectivity index (χ2v) is 4.98. The fraction of sp³-hybridized carbons (Fsp3) is 0.909. The van der Waals surface area contributed by atoms with Crippen molar-refractivity contribution in [2.45, 2.75) is 19.4 Å². The summed E-state index contributed by atoms with van der Waals surface area (Å²) in [4.78, 5) is 5.16. The summed E-state index contributed by atoms with van der Waals surface area (Å²) in [6.07, 6.45) is 1.41. The highest BCUT2D eigenvalue weighted by molar-refractivity contribution is 7.80. The molecule has 5 heteroatoms. The summed E-state index contributed by atoms with van der Waals surface area (Å²) >= 11 is 4.96. The number of thiocarbonyl (C=S) groups is 1. The maximum absolute atomic E-state index is 5.74. The summed E-state index contributed by atoms with van der Waals surface area (Å²) < 4.78 is 5.74. The number of ether oxygens (including phenoxy) is 1. The largest absolute Gasteiger partial charge is 0.392 e. The third-order valence-electron chi connectivity index (χ3n) is 2.72. The van der Waals surface area contributed by atoms with Crippen LogP contribution in [0.4, 0.5) is 0 Å². The lowest BCUT2D eigenvalue weighted by Crippen LogP contribution is -2.47. The van der Waals surface area contributed by atoms with E-state index >= 15 is 0 Å². The molecule has 0 radical (unpaired) electrons. The van der Waals surface area contributed by atoms with E-state index in [0.717, 1.165) is 39.2 Å². The average molecular weight is 245 g/mol. The van der Waals surface area contributed by atoms with Gasteiger partial charge in [0, 0.05) is 26.2 Å². The molecule has 1 heterocycles. The number of hydrogen-bond donors (Lipinski definition) is 1. The van der Waals surface area contributed by atoms with Crippen LogP contribution in [0.3, 0.4) is 0 Å². The zero-order valence-electron chi connectivity index (χ0n) is 10.3. The molecule has 16 heavy (non-hydrogen) atoms. The highest BCUT2D eigenvalue weighted by Gasteiger charge is 2.20. The molecule has 0 aromatic heterocycles. The highest BCUT2D eigenvalue weighted by Crippen LogP contribution is 2.05.